The van der Waals surface area contributed by atoms with Gasteiger partial charge >= 0.3 is 0 Å². The van der Waals surface area contributed by atoms with E-state index in [0.29, 0.717) is 11.2 Å². The number of nitrogens with two attached hydrogens (primary N) is 1. The van der Waals surface area contributed by atoms with Gasteiger partial charge in [-0.15, -0.1) is 0 Å². The van der Waals surface area contributed by atoms with E-state index in [2.05, 4.69) is 15.0 Å². The molecule has 1 aliphatic rings. The van der Waals surface area contributed by atoms with Gasteiger partial charge in [-0.2, -0.15) is 0 Å². The van der Waals surface area contributed by atoms with Crippen LogP contribution in [0, 0.1) is 0 Å². The molecule has 0 radical (unpaired) electrons. The van der Waals surface area contributed by atoms with Gasteiger partial charge in [0, 0.05) is 13.2 Å². The zero-order valence-electron chi connectivity index (χ0n) is 10.6. The molecule has 0 bridgehead atoms. The fourth-order valence-electron chi connectivity index (χ4n) is 1.91. The maximum Gasteiger partial charge on any atom is 0.192 e. The number of halogens is 1. The average Bonchev–Trinajstić information content (AvgIpc) is 3.01. The van der Waals surface area contributed by atoms with Crippen LogP contribution in [0.4, 0.5) is 10.2 Å². The molecular weight excluding hydrogens is 269 g/mol. The monoisotopic (exact) mass is 281 g/mol. The molecule has 20 heavy (non-hydrogen) atoms. The van der Waals surface area contributed by atoms with E-state index in [-0.39, 0.29) is 12.6 Å². The molecule has 0 aromatic carbocycles. The van der Waals surface area contributed by atoms with Crippen molar-refractivity contribution in [3.8, 4) is 0 Å². The number of rotatable bonds is 4. The van der Waals surface area contributed by atoms with Crippen molar-refractivity contribution < 1.29 is 18.6 Å². The third-order valence-corrected chi connectivity index (χ3v) is 2.78. The van der Waals surface area contributed by atoms with Crippen LogP contribution >= 0.6 is 0 Å². The normalized spacial score (nSPS) is 22.4. The number of hydrogen-bond acceptors (Lipinski definition) is 7. The van der Waals surface area contributed by atoms with Gasteiger partial charge in [-0.1, -0.05) is 0 Å². The van der Waals surface area contributed by atoms with Crippen LogP contribution in [0.15, 0.2) is 24.6 Å². The smallest absolute Gasteiger partial charge is 0.192 e. The molecule has 106 valence electrons. The van der Waals surface area contributed by atoms with Crippen molar-refractivity contribution in [2.45, 2.75) is 12.5 Å². The number of fused-ring (bicyclic) bond motifs is 1. The van der Waals surface area contributed by atoms with Crippen molar-refractivity contribution in [3.63, 3.8) is 0 Å². The lowest BCUT2D eigenvalue weighted by molar-refractivity contribution is -0.180. The van der Waals surface area contributed by atoms with E-state index < -0.39 is 18.3 Å². The van der Waals surface area contributed by atoms with Gasteiger partial charge in [0.1, 0.15) is 18.6 Å². The first kappa shape index (κ1) is 12.9. The number of methoxy groups -OCH3 is 1. The van der Waals surface area contributed by atoms with E-state index >= 15 is 0 Å². The van der Waals surface area contributed by atoms with Gasteiger partial charge in [0.25, 0.3) is 0 Å². The summed E-state index contributed by atoms with van der Waals surface area (Å²) in [6, 6.07) is 0. The molecular formula is C11H12FN5O3. The molecule has 3 heterocycles. The van der Waals surface area contributed by atoms with E-state index in [1.165, 1.54) is 30.4 Å². The van der Waals surface area contributed by atoms with Crippen LogP contribution < -0.4 is 5.73 Å². The van der Waals surface area contributed by atoms with Crippen LogP contribution in [0.1, 0.15) is 6.23 Å². The maximum atomic E-state index is 13.9. The fraction of sp³-hybridized carbons (Fsp3) is 0.364. The number of nitrogens with zero attached hydrogens (tertiary/aromatic N) is 4. The molecule has 2 atom stereocenters. The zero-order valence-corrected chi connectivity index (χ0v) is 10.6. The first-order chi connectivity index (χ1) is 9.70. The third-order valence-electron chi connectivity index (χ3n) is 2.78. The minimum atomic E-state index is -0.990. The predicted octanol–water partition coefficient (Wildman–Crippen LogP) is 0.737. The number of nitrogen functional groups attached to an aromatic ring is 1. The molecule has 9 heteroatoms. The SMILES string of the molecule is COCO[C@@H]1C=C(F)[C@H](n2cnc3c(N)ncnc32)O1. The Bertz CT molecular complexity index is 659. The van der Waals surface area contributed by atoms with Crippen molar-refractivity contribution in [3.05, 3.63) is 24.6 Å². The summed E-state index contributed by atoms with van der Waals surface area (Å²) in [5, 5.41) is 0. The summed E-state index contributed by atoms with van der Waals surface area (Å²) >= 11 is 0. The van der Waals surface area contributed by atoms with Gasteiger partial charge in [0.05, 0.1) is 6.33 Å². The van der Waals surface area contributed by atoms with Crippen molar-refractivity contribution in [1.29, 1.82) is 0 Å². The highest BCUT2D eigenvalue weighted by molar-refractivity contribution is 5.81. The summed E-state index contributed by atoms with van der Waals surface area (Å²) in [4.78, 5) is 11.9. The summed E-state index contributed by atoms with van der Waals surface area (Å²) in [7, 11) is 1.47. The van der Waals surface area contributed by atoms with Gasteiger partial charge in [-0.05, 0) is 0 Å². The highest BCUT2D eigenvalue weighted by Gasteiger charge is 2.31. The Hall–Kier alpha value is -2.10. The summed E-state index contributed by atoms with van der Waals surface area (Å²) in [6.07, 6.45) is 2.09. The molecule has 8 nitrogen and oxygen atoms in total. The van der Waals surface area contributed by atoms with Gasteiger partial charge in [0.15, 0.2) is 29.8 Å². The second-order valence-electron chi connectivity index (χ2n) is 4.06. The van der Waals surface area contributed by atoms with E-state index in [1.807, 2.05) is 0 Å². The van der Waals surface area contributed by atoms with Crippen LogP contribution in [0.3, 0.4) is 0 Å². The van der Waals surface area contributed by atoms with Gasteiger partial charge in [-0.3, -0.25) is 4.57 Å². The molecule has 3 rings (SSSR count). The molecule has 0 saturated heterocycles. The fourth-order valence-corrected chi connectivity index (χ4v) is 1.91. The van der Waals surface area contributed by atoms with Crippen LogP contribution in [0.25, 0.3) is 11.2 Å². The Morgan fingerprint density at radius 3 is 3.10 bits per heavy atom. The van der Waals surface area contributed by atoms with E-state index in [0.717, 1.165) is 0 Å². The number of hydrogen-bond donors (Lipinski definition) is 1. The Morgan fingerprint density at radius 1 is 1.45 bits per heavy atom. The Labute approximate surface area is 113 Å². The van der Waals surface area contributed by atoms with E-state index in [9.17, 15) is 4.39 Å². The van der Waals surface area contributed by atoms with Crippen molar-refractivity contribution in [2.24, 2.45) is 0 Å². The first-order valence-electron chi connectivity index (χ1n) is 5.77. The third kappa shape index (κ3) is 2.11. The summed E-state index contributed by atoms with van der Waals surface area (Å²) < 4.78 is 30.7. The minimum Gasteiger partial charge on any atom is -0.382 e. The molecule has 1 aliphatic heterocycles. The maximum absolute atomic E-state index is 13.9. The average molecular weight is 281 g/mol. The van der Waals surface area contributed by atoms with Gasteiger partial charge in [-0.25, -0.2) is 19.3 Å². The number of ether oxygens (including phenoxy) is 3. The van der Waals surface area contributed by atoms with Crippen LogP contribution in [-0.2, 0) is 14.2 Å². The predicted molar refractivity (Wildman–Crippen MR) is 65.8 cm³/mol. The summed E-state index contributed by atoms with van der Waals surface area (Å²) in [5.74, 6) is -0.272. The van der Waals surface area contributed by atoms with Crippen molar-refractivity contribution in [1.82, 2.24) is 19.5 Å². The molecule has 0 aliphatic carbocycles. The highest BCUT2D eigenvalue weighted by Crippen LogP contribution is 2.32. The largest absolute Gasteiger partial charge is 0.382 e. The number of aromatic nitrogens is 4. The van der Waals surface area contributed by atoms with Gasteiger partial charge < -0.3 is 19.9 Å². The Balaban J connectivity index is 1.89. The summed E-state index contributed by atoms with van der Waals surface area (Å²) in [5.41, 5.74) is 6.46. The topological polar surface area (TPSA) is 97.3 Å². The molecule has 2 aromatic heterocycles. The summed E-state index contributed by atoms with van der Waals surface area (Å²) in [6.45, 7) is 0.000953. The van der Waals surface area contributed by atoms with E-state index in [1.54, 1.807) is 0 Å². The Morgan fingerprint density at radius 2 is 2.30 bits per heavy atom. The van der Waals surface area contributed by atoms with Gasteiger partial charge in [0.2, 0.25) is 0 Å². The lowest BCUT2D eigenvalue weighted by atomic mass is 10.4. The molecule has 2 N–H and O–H groups in total. The Kier molecular flexibility index (Phi) is 3.30. The van der Waals surface area contributed by atoms with Crippen LogP contribution in [0.5, 0.6) is 0 Å². The number of anilines is 1. The molecule has 2 aromatic rings. The second-order valence-corrected chi connectivity index (χ2v) is 4.06. The molecule has 0 unspecified atom stereocenters. The molecule has 0 fully saturated rings. The second kappa shape index (κ2) is 5.12. The van der Waals surface area contributed by atoms with E-state index in [4.69, 9.17) is 19.9 Å². The lowest BCUT2D eigenvalue weighted by Gasteiger charge is -2.15. The van der Waals surface area contributed by atoms with Crippen molar-refractivity contribution in [2.75, 3.05) is 19.6 Å². The van der Waals surface area contributed by atoms with Crippen LogP contribution in [-0.4, -0.2) is 39.7 Å². The first-order valence-corrected chi connectivity index (χ1v) is 5.77. The minimum absolute atomic E-state index is 0.000953. The van der Waals surface area contributed by atoms with Crippen molar-refractivity contribution >= 4 is 17.0 Å². The molecule has 0 saturated carbocycles. The number of imidazole rings is 1. The lowest BCUT2D eigenvalue weighted by Crippen LogP contribution is -2.17. The molecule has 0 spiro atoms. The zero-order chi connectivity index (χ0) is 14.1. The molecule has 0 amide bonds. The van der Waals surface area contributed by atoms with Crippen LogP contribution in [0.2, 0.25) is 0 Å². The highest BCUT2D eigenvalue weighted by atomic mass is 19.1. The standard InChI is InChI=1S/C11H12FN5O3/c1-18-5-19-7-2-6(12)11(20-7)17-4-16-8-9(13)14-3-15-10(8)17/h2-4,7,11H,5H2,1H3,(H2,13,14,15)/t7-,11+/m0/s1. The quantitative estimate of drug-likeness (QED) is 0.825.